The van der Waals surface area contributed by atoms with Crippen molar-refractivity contribution in [3.63, 3.8) is 0 Å². The van der Waals surface area contributed by atoms with E-state index in [9.17, 15) is 27.6 Å². The average molecular weight is 452 g/mol. The maximum absolute atomic E-state index is 13.1. The number of carbonyl (C=O) groups is 3. The van der Waals surface area contributed by atoms with Crippen LogP contribution in [0.5, 0.6) is 0 Å². The van der Waals surface area contributed by atoms with E-state index in [0.717, 1.165) is 4.90 Å². The SMILES string of the molecule is CC(=O)Nc1cccnc1CN1C(=O)N(c2ccc(SC(F)(F)F)cc2)C(=O)C1(C)C. The number of amides is 4. The van der Waals surface area contributed by atoms with Gasteiger partial charge in [-0.25, -0.2) is 9.69 Å². The highest BCUT2D eigenvalue weighted by Gasteiger charge is 2.52. The zero-order valence-corrected chi connectivity index (χ0v) is 17.7. The van der Waals surface area contributed by atoms with E-state index in [1.165, 1.54) is 42.3 Å². The molecule has 0 spiro atoms. The topological polar surface area (TPSA) is 82.6 Å². The molecule has 1 aromatic carbocycles. The molecule has 11 heteroatoms. The van der Waals surface area contributed by atoms with Crippen LogP contribution in [0.1, 0.15) is 26.5 Å². The summed E-state index contributed by atoms with van der Waals surface area (Å²) in [5.41, 5.74) is -4.70. The first-order valence-corrected chi connectivity index (χ1v) is 9.95. The van der Waals surface area contributed by atoms with E-state index >= 15 is 0 Å². The van der Waals surface area contributed by atoms with Crippen LogP contribution in [0, 0.1) is 0 Å². The molecule has 2 aromatic rings. The third kappa shape index (κ3) is 4.82. The van der Waals surface area contributed by atoms with Gasteiger partial charge in [0.25, 0.3) is 5.91 Å². The Bertz CT molecular complexity index is 1030. The Morgan fingerprint density at radius 3 is 2.39 bits per heavy atom. The van der Waals surface area contributed by atoms with Gasteiger partial charge in [-0.3, -0.25) is 14.6 Å². The van der Waals surface area contributed by atoms with Gasteiger partial charge in [0.2, 0.25) is 5.91 Å². The number of carbonyl (C=O) groups excluding carboxylic acids is 3. The Hall–Kier alpha value is -3.08. The summed E-state index contributed by atoms with van der Waals surface area (Å²) in [6, 6.07) is 7.64. The second-order valence-corrected chi connectivity index (χ2v) is 8.43. The van der Waals surface area contributed by atoms with Crippen molar-refractivity contribution >= 4 is 41.0 Å². The number of thioether (sulfide) groups is 1. The second kappa shape index (κ2) is 8.22. The highest BCUT2D eigenvalue weighted by Crippen LogP contribution is 2.39. The molecule has 4 amide bonds. The standard InChI is InChI=1S/C20H19F3N4O3S/c1-12(28)25-15-5-4-10-24-16(15)11-26-18(30)27(17(29)19(26,2)3)13-6-8-14(9-7-13)31-20(21,22)23/h4-10H,11H2,1-3H3,(H,25,28). The van der Waals surface area contributed by atoms with E-state index in [-0.39, 0.29) is 34.8 Å². The summed E-state index contributed by atoms with van der Waals surface area (Å²) >= 11 is -0.279. The highest BCUT2D eigenvalue weighted by molar-refractivity contribution is 8.00. The molecule has 1 aliphatic heterocycles. The Morgan fingerprint density at radius 1 is 1.16 bits per heavy atom. The van der Waals surface area contributed by atoms with Crippen LogP contribution in [0.3, 0.4) is 0 Å². The lowest BCUT2D eigenvalue weighted by Gasteiger charge is -2.28. The maximum atomic E-state index is 13.1. The summed E-state index contributed by atoms with van der Waals surface area (Å²) < 4.78 is 37.6. The number of anilines is 2. The van der Waals surface area contributed by atoms with Gasteiger partial charge < -0.3 is 10.2 Å². The summed E-state index contributed by atoms with van der Waals surface area (Å²) in [5, 5.41) is 2.64. The Kier molecular flexibility index (Phi) is 5.99. The first kappa shape index (κ1) is 22.6. The number of rotatable bonds is 5. The molecule has 0 saturated carbocycles. The van der Waals surface area contributed by atoms with Crippen molar-refractivity contribution < 1.29 is 27.6 Å². The number of benzene rings is 1. The third-order valence-corrected chi connectivity index (χ3v) is 5.40. The lowest BCUT2D eigenvalue weighted by Crippen LogP contribution is -2.44. The van der Waals surface area contributed by atoms with Crippen molar-refractivity contribution in [1.82, 2.24) is 9.88 Å². The number of imide groups is 1. The summed E-state index contributed by atoms with van der Waals surface area (Å²) in [6.45, 7) is 4.44. The molecule has 1 aliphatic rings. The number of aromatic nitrogens is 1. The van der Waals surface area contributed by atoms with Gasteiger partial charge in [-0.1, -0.05) is 0 Å². The molecular weight excluding hydrogens is 433 g/mol. The van der Waals surface area contributed by atoms with Crippen LogP contribution in [0.15, 0.2) is 47.5 Å². The van der Waals surface area contributed by atoms with E-state index in [0.29, 0.717) is 11.4 Å². The lowest BCUT2D eigenvalue weighted by atomic mass is 10.0. The fraction of sp³-hybridized carbons (Fsp3) is 0.300. The monoisotopic (exact) mass is 452 g/mol. The van der Waals surface area contributed by atoms with Gasteiger partial charge in [0.15, 0.2) is 0 Å². The van der Waals surface area contributed by atoms with Gasteiger partial charge in [-0.05, 0) is 62.0 Å². The van der Waals surface area contributed by atoms with E-state index in [1.54, 1.807) is 26.0 Å². The van der Waals surface area contributed by atoms with Crippen molar-refractivity contribution in [2.75, 3.05) is 10.2 Å². The van der Waals surface area contributed by atoms with Crippen molar-refractivity contribution in [2.45, 2.75) is 43.3 Å². The van der Waals surface area contributed by atoms with Crippen LogP contribution in [-0.4, -0.2) is 38.8 Å². The molecule has 0 atom stereocenters. The van der Waals surface area contributed by atoms with Gasteiger partial charge in [0.05, 0.1) is 23.6 Å². The second-order valence-electron chi connectivity index (χ2n) is 7.29. The number of pyridine rings is 1. The largest absolute Gasteiger partial charge is 0.446 e. The summed E-state index contributed by atoms with van der Waals surface area (Å²) in [7, 11) is 0. The minimum absolute atomic E-state index is 0.0491. The van der Waals surface area contributed by atoms with Gasteiger partial charge in [0, 0.05) is 18.0 Å². The van der Waals surface area contributed by atoms with Crippen molar-refractivity contribution in [2.24, 2.45) is 0 Å². The minimum Gasteiger partial charge on any atom is -0.325 e. The van der Waals surface area contributed by atoms with Crippen molar-refractivity contribution in [1.29, 1.82) is 0 Å². The number of nitrogens with one attached hydrogen (secondary N) is 1. The quantitative estimate of drug-likeness (QED) is 0.537. The first-order valence-electron chi connectivity index (χ1n) is 9.13. The van der Waals surface area contributed by atoms with E-state index in [2.05, 4.69) is 10.3 Å². The van der Waals surface area contributed by atoms with Crippen LogP contribution < -0.4 is 10.2 Å². The molecule has 0 unspecified atom stereocenters. The molecule has 1 aromatic heterocycles. The molecule has 0 radical (unpaired) electrons. The molecule has 0 bridgehead atoms. The van der Waals surface area contributed by atoms with Gasteiger partial charge in [-0.15, -0.1) is 0 Å². The number of hydrogen-bond acceptors (Lipinski definition) is 5. The first-order chi connectivity index (χ1) is 14.4. The van der Waals surface area contributed by atoms with Gasteiger partial charge in [-0.2, -0.15) is 13.2 Å². The molecule has 31 heavy (non-hydrogen) atoms. The number of hydrogen-bond donors (Lipinski definition) is 1. The number of urea groups is 1. The normalized spacial score (nSPS) is 16.1. The molecule has 1 saturated heterocycles. The Morgan fingerprint density at radius 2 is 1.81 bits per heavy atom. The third-order valence-electron chi connectivity index (χ3n) is 4.66. The summed E-state index contributed by atoms with van der Waals surface area (Å²) in [5.74, 6) is -0.832. The lowest BCUT2D eigenvalue weighted by molar-refractivity contribution is -0.123. The average Bonchev–Trinajstić information content (AvgIpc) is 2.82. The zero-order chi connectivity index (χ0) is 23.0. The molecule has 2 heterocycles. The molecular formula is C20H19F3N4O3S. The van der Waals surface area contributed by atoms with Crippen LogP contribution in [0.2, 0.25) is 0 Å². The fourth-order valence-electron chi connectivity index (χ4n) is 3.14. The van der Waals surface area contributed by atoms with E-state index < -0.39 is 23.0 Å². The van der Waals surface area contributed by atoms with Crippen LogP contribution >= 0.6 is 11.8 Å². The van der Waals surface area contributed by atoms with Crippen LogP contribution in [0.25, 0.3) is 0 Å². The molecule has 0 aliphatic carbocycles. The van der Waals surface area contributed by atoms with Crippen LogP contribution in [-0.2, 0) is 16.1 Å². The maximum Gasteiger partial charge on any atom is 0.446 e. The number of nitrogens with zero attached hydrogens (tertiary/aromatic N) is 3. The number of halogens is 3. The Labute approximate surface area is 180 Å². The zero-order valence-electron chi connectivity index (χ0n) is 16.9. The number of alkyl halides is 3. The van der Waals surface area contributed by atoms with Crippen molar-refractivity contribution in [3.8, 4) is 0 Å². The fourth-order valence-corrected chi connectivity index (χ4v) is 3.68. The minimum atomic E-state index is -4.44. The molecule has 1 fully saturated rings. The summed E-state index contributed by atoms with van der Waals surface area (Å²) in [4.78, 5) is 44.0. The van der Waals surface area contributed by atoms with Crippen molar-refractivity contribution in [3.05, 3.63) is 48.3 Å². The predicted octanol–water partition coefficient (Wildman–Crippen LogP) is 4.40. The molecule has 164 valence electrons. The highest BCUT2D eigenvalue weighted by atomic mass is 32.2. The van der Waals surface area contributed by atoms with Gasteiger partial charge >= 0.3 is 11.5 Å². The molecule has 1 N–H and O–H groups in total. The summed E-state index contributed by atoms with van der Waals surface area (Å²) in [6.07, 6.45) is 1.50. The smallest absolute Gasteiger partial charge is 0.325 e. The van der Waals surface area contributed by atoms with E-state index in [1.807, 2.05) is 0 Å². The Balaban J connectivity index is 1.88. The van der Waals surface area contributed by atoms with Gasteiger partial charge in [0.1, 0.15) is 5.54 Å². The molecule has 3 rings (SSSR count). The van der Waals surface area contributed by atoms with Crippen LogP contribution in [0.4, 0.5) is 29.3 Å². The predicted molar refractivity (Wildman–Crippen MR) is 109 cm³/mol. The molecule has 7 nitrogen and oxygen atoms in total. The van der Waals surface area contributed by atoms with E-state index in [4.69, 9.17) is 0 Å².